The Labute approximate surface area is 181 Å². The maximum Gasteiger partial charge on any atom is 0.295 e. The minimum atomic E-state index is -1.99. The van der Waals surface area contributed by atoms with Crippen LogP contribution in [0.1, 0.15) is 25.0 Å². The number of ketones is 2. The van der Waals surface area contributed by atoms with E-state index in [1.54, 1.807) is 19.9 Å². The van der Waals surface area contributed by atoms with Crippen LogP contribution in [0.15, 0.2) is 47.7 Å². The zero-order valence-electron chi connectivity index (χ0n) is 16.0. The zero-order chi connectivity index (χ0) is 22.0. The first-order valence-electron chi connectivity index (χ1n) is 9.20. The van der Waals surface area contributed by atoms with E-state index < -0.39 is 40.5 Å². The van der Waals surface area contributed by atoms with Crippen molar-refractivity contribution >= 4 is 46.4 Å². The van der Waals surface area contributed by atoms with Gasteiger partial charge >= 0.3 is 0 Å². The van der Waals surface area contributed by atoms with E-state index in [-0.39, 0.29) is 22.7 Å². The van der Waals surface area contributed by atoms with Gasteiger partial charge in [0.15, 0.2) is 22.9 Å². The highest BCUT2D eigenvalue weighted by Gasteiger charge is 2.64. The number of fused-ring (bicyclic) bond motifs is 2. The maximum atomic E-state index is 14.8. The highest BCUT2D eigenvalue weighted by atomic mass is 35.5. The normalized spacial score (nSPS) is 20.7. The number of halogens is 3. The van der Waals surface area contributed by atoms with Crippen molar-refractivity contribution in [1.29, 1.82) is 0 Å². The second-order valence-electron chi connectivity index (χ2n) is 7.59. The Hall–Kier alpha value is -2.70. The molecule has 1 aliphatic carbocycles. The third-order valence-electron chi connectivity index (χ3n) is 5.47. The first-order chi connectivity index (χ1) is 14.1. The van der Waals surface area contributed by atoms with Crippen molar-refractivity contribution in [2.45, 2.75) is 25.8 Å². The van der Waals surface area contributed by atoms with E-state index in [2.05, 4.69) is 0 Å². The molecule has 2 aliphatic rings. The predicted octanol–water partition coefficient (Wildman–Crippen LogP) is 4.54. The van der Waals surface area contributed by atoms with Crippen molar-refractivity contribution in [3.63, 3.8) is 0 Å². The quantitative estimate of drug-likeness (QED) is 0.749. The highest BCUT2D eigenvalue weighted by Crippen LogP contribution is 2.53. The zero-order valence-corrected chi connectivity index (χ0v) is 17.5. The molecule has 1 unspecified atom stereocenters. The fourth-order valence-corrected chi connectivity index (χ4v) is 4.57. The van der Waals surface area contributed by atoms with Gasteiger partial charge in [0.25, 0.3) is 5.91 Å². The van der Waals surface area contributed by atoms with Gasteiger partial charge in [-0.3, -0.25) is 19.3 Å². The summed E-state index contributed by atoms with van der Waals surface area (Å²) in [4.78, 5) is 40.6. The summed E-state index contributed by atoms with van der Waals surface area (Å²) in [6, 6.07) is 8.15. The number of carbonyl (C=O) groups excluding carboxylic acids is 3. The second-order valence-corrected chi connectivity index (χ2v) is 8.46. The number of aliphatic hydroxyl groups excluding tert-OH is 1. The summed E-state index contributed by atoms with van der Waals surface area (Å²) in [5, 5.41) is 11.2. The summed E-state index contributed by atoms with van der Waals surface area (Å²) in [6.07, 6.45) is -0.135. The fraction of sp³-hybridized carbons (Fsp3) is 0.227. The molecule has 1 amide bonds. The van der Waals surface area contributed by atoms with Crippen LogP contribution in [0, 0.1) is 11.7 Å². The molecule has 0 saturated carbocycles. The van der Waals surface area contributed by atoms with Gasteiger partial charge in [0.05, 0.1) is 11.3 Å². The monoisotopic (exact) mass is 447 g/mol. The van der Waals surface area contributed by atoms with Crippen molar-refractivity contribution in [3.05, 3.63) is 74.7 Å². The molecule has 1 heterocycles. The van der Waals surface area contributed by atoms with Crippen LogP contribution in [0.25, 0.3) is 0 Å². The molecule has 1 N–H and O–H groups in total. The fourth-order valence-electron chi connectivity index (χ4n) is 4.21. The largest absolute Gasteiger partial charge is 0.503 e. The summed E-state index contributed by atoms with van der Waals surface area (Å²) < 4.78 is 14.8. The van der Waals surface area contributed by atoms with Crippen molar-refractivity contribution in [1.82, 2.24) is 0 Å². The summed E-state index contributed by atoms with van der Waals surface area (Å²) >= 11 is 12.1. The van der Waals surface area contributed by atoms with E-state index in [0.717, 1.165) is 11.0 Å². The van der Waals surface area contributed by atoms with Crippen molar-refractivity contribution in [3.8, 4) is 0 Å². The van der Waals surface area contributed by atoms with Crippen LogP contribution in [0.3, 0.4) is 0 Å². The molecule has 5 nitrogen and oxygen atoms in total. The molecule has 0 saturated heterocycles. The van der Waals surface area contributed by atoms with Crippen LogP contribution in [0.5, 0.6) is 0 Å². The number of rotatable bonds is 3. The Balaban J connectivity index is 2.11. The van der Waals surface area contributed by atoms with E-state index in [4.69, 9.17) is 23.2 Å². The molecule has 1 atom stereocenters. The van der Waals surface area contributed by atoms with E-state index in [9.17, 15) is 23.9 Å². The topological polar surface area (TPSA) is 74.7 Å². The van der Waals surface area contributed by atoms with Gasteiger partial charge in [0.2, 0.25) is 0 Å². The van der Waals surface area contributed by atoms with Gasteiger partial charge < -0.3 is 5.11 Å². The average Bonchev–Trinajstić information content (AvgIpc) is 3.08. The van der Waals surface area contributed by atoms with E-state index >= 15 is 0 Å². The number of hydrogen-bond acceptors (Lipinski definition) is 4. The van der Waals surface area contributed by atoms with Crippen molar-refractivity contribution in [2.24, 2.45) is 5.92 Å². The van der Waals surface area contributed by atoms with Gasteiger partial charge in [0.1, 0.15) is 5.82 Å². The highest BCUT2D eigenvalue weighted by molar-refractivity contribution is 6.32. The van der Waals surface area contributed by atoms with Crippen molar-refractivity contribution in [2.75, 3.05) is 4.90 Å². The van der Waals surface area contributed by atoms with E-state index in [1.807, 2.05) is 0 Å². The van der Waals surface area contributed by atoms with Gasteiger partial charge in [-0.2, -0.15) is 0 Å². The number of hydrogen-bond donors (Lipinski definition) is 1. The number of Topliss-reactive ketones (excluding diaryl/α,β-unsaturated/α-hetero) is 2. The number of nitrogens with zero attached hydrogens (tertiary/aromatic N) is 1. The van der Waals surface area contributed by atoms with Crippen LogP contribution in [0.2, 0.25) is 10.0 Å². The molecule has 0 aromatic heterocycles. The summed E-state index contributed by atoms with van der Waals surface area (Å²) in [6.45, 7) is 3.18. The lowest BCUT2D eigenvalue weighted by Crippen LogP contribution is -2.52. The number of aliphatic hydroxyl groups is 1. The van der Waals surface area contributed by atoms with Gasteiger partial charge in [-0.05, 0) is 41.5 Å². The molecule has 2 aromatic rings. The van der Waals surface area contributed by atoms with Crippen LogP contribution in [-0.4, -0.2) is 22.6 Å². The van der Waals surface area contributed by atoms with E-state index in [0.29, 0.717) is 16.1 Å². The average molecular weight is 448 g/mol. The molecular weight excluding hydrogens is 432 g/mol. The van der Waals surface area contributed by atoms with Crippen molar-refractivity contribution < 1.29 is 23.9 Å². The van der Waals surface area contributed by atoms with Crippen LogP contribution in [-0.2, 0) is 26.3 Å². The maximum absolute atomic E-state index is 14.8. The third kappa shape index (κ3) is 2.63. The molecule has 154 valence electrons. The predicted molar refractivity (Wildman–Crippen MR) is 110 cm³/mol. The Morgan fingerprint density at radius 3 is 2.43 bits per heavy atom. The summed E-state index contributed by atoms with van der Waals surface area (Å²) in [7, 11) is 0. The number of anilines is 1. The molecule has 1 spiro atoms. The summed E-state index contributed by atoms with van der Waals surface area (Å²) in [5.41, 5.74) is -1.85. The molecule has 0 radical (unpaired) electrons. The van der Waals surface area contributed by atoms with Gasteiger partial charge in [-0.15, -0.1) is 0 Å². The first kappa shape index (κ1) is 20.6. The van der Waals surface area contributed by atoms with Gasteiger partial charge in [-0.1, -0.05) is 43.1 Å². The lowest BCUT2D eigenvalue weighted by atomic mass is 9.78. The van der Waals surface area contributed by atoms with Crippen LogP contribution < -0.4 is 4.90 Å². The molecule has 30 heavy (non-hydrogen) atoms. The van der Waals surface area contributed by atoms with Crippen LogP contribution >= 0.6 is 23.2 Å². The standard InChI is InChI=1S/C22H16Cl2FNO4/c1-10(2)19(28)18-20(29)21(30)26(16-9-13(24)4-6-15(16)25)22(18)14-5-3-12(23)7-11(14)8-17(22)27/h3-7,9-10,29H,8H2,1-2H3. The minimum absolute atomic E-state index is 0.124. The van der Waals surface area contributed by atoms with Gasteiger partial charge in [0, 0.05) is 22.4 Å². The number of amides is 1. The van der Waals surface area contributed by atoms with Crippen LogP contribution in [0.4, 0.5) is 10.1 Å². The van der Waals surface area contributed by atoms with Gasteiger partial charge in [-0.25, -0.2) is 4.39 Å². The number of benzene rings is 2. The smallest absolute Gasteiger partial charge is 0.295 e. The Bertz CT molecular complexity index is 1170. The Morgan fingerprint density at radius 2 is 1.77 bits per heavy atom. The third-order valence-corrected chi connectivity index (χ3v) is 5.94. The molecule has 4 rings (SSSR count). The first-order valence-corrected chi connectivity index (χ1v) is 9.96. The number of carbonyl (C=O) groups is 3. The van der Waals surface area contributed by atoms with E-state index in [1.165, 1.54) is 24.3 Å². The SMILES string of the molecule is CC(C)C(=O)C1=C(O)C(=O)N(c2cc(Cl)ccc2F)C12C(=O)Cc1cc(Cl)ccc12. The molecule has 1 aliphatic heterocycles. The molecule has 0 fully saturated rings. The Morgan fingerprint density at radius 1 is 1.13 bits per heavy atom. The summed E-state index contributed by atoms with van der Waals surface area (Å²) in [5.74, 6) is -4.49. The lowest BCUT2D eigenvalue weighted by molar-refractivity contribution is -0.126. The lowest BCUT2D eigenvalue weighted by Gasteiger charge is -2.36. The minimum Gasteiger partial charge on any atom is -0.503 e. The molecular formula is C22H16Cl2FNO4. The Kier molecular flexibility index (Phi) is 4.75. The molecule has 8 heteroatoms. The molecule has 2 aromatic carbocycles. The molecule has 0 bridgehead atoms. The second kappa shape index (κ2) is 6.93.